The lowest BCUT2D eigenvalue weighted by atomic mass is 10.8. The maximum absolute atomic E-state index is 9.61. The van der Waals surface area contributed by atoms with Gasteiger partial charge in [0.15, 0.2) is 0 Å². The molecule has 1 amide bonds. The number of terminal acetylenes is 1. The summed E-state index contributed by atoms with van der Waals surface area (Å²) in [6.07, 6.45) is 3.41. The Hall–Kier alpha value is -1.21. The van der Waals surface area contributed by atoms with Gasteiger partial charge in [-0.15, -0.1) is 6.42 Å². The van der Waals surface area contributed by atoms with Crippen molar-refractivity contribution in [3.05, 3.63) is 0 Å². The molecule has 0 fully saturated rings. The maximum Gasteiger partial charge on any atom is 0.135 e. The summed E-state index contributed by atoms with van der Waals surface area (Å²) >= 11 is 0. The van der Waals surface area contributed by atoms with Gasteiger partial charge in [-0.25, -0.2) is 0 Å². The Balaban J connectivity index is 2.94. The van der Waals surface area contributed by atoms with Gasteiger partial charge in [0, 0.05) is 0 Å². The largest absolute Gasteiger partial charge is 0.530 e. The number of hydrogen-bond acceptors (Lipinski definition) is 3. The highest BCUT2D eigenvalue weighted by Gasteiger charge is 1.80. The van der Waals surface area contributed by atoms with Crippen LogP contribution in [0.1, 0.15) is 0 Å². The highest BCUT2D eigenvalue weighted by atomic mass is 16.5. The number of rotatable bonds is 3. The first-order valence-electron chi connectivity index (χ1n) is 2.23. The first kappa shape index (κ1) is 7.79. The molecule has 1 N–H and O–H groups in total. The third kappa shape index (κ3) is 6.79. The summed E-state index contributed by atoms with van der Waals surface area (Å²) in [5.41, 5.74) is 0. The number of carboxylic acid groups (broad SMARTS) is 1. The van der Waals surface area contributed by atoms with Crippen LogP contribution in [-0.4, -0.2) is 19.4 Å². The fourth-order valence-electron chi connectivity index (χ4n) is 0.220. The smallest absolute Gasteiger partial charge is 0.135 e. The van der Waals surface area contributed by atoms with Gasteiger partial charge < -0.3 is 20.0 Å². The summed E-state index contributed by atoms with van der Waals surface area (Å²) in [6.45, 7) is -0.0210. The van der Waals surface area contributed by atoms with Gasteiger partial charge in [-0.05, 0) is 0 Å². The number of amides is 1. The van der Waals surface area contributed by atoms with E-state index in [1.54, 1.807) is 0 Å². The van der Waals surface area contributed by atoms with Crippen molar-refractivity contribution in [2.75, 3.05) is 13.3 Å². The molecule has 0 aliphatic heterocycles. The minimum absolute atomic E-state index is 0.0975. The first-order chi connectivity index (χ1) is 4.27. The molecule has 0 aromatic heterocycles. The maximum atomic E-state index is 9.61. The zero-order valence-electron chi connectivity index (χ0n) is 4.72. The standard InChI is InChI=1S/C5H7NO3/c1-2-3-9-4-6-5(7)8/h1,6H,3-4H2,(H,7,8)/p-1. The monoisotopic (exact) mass is 128 g/mol. The number of carbonyl (C=O) groups is 1. The second-order valence-corrected chi connectivity index (χ2v) is 1.16. The van der Waals surface area contributed by atoms with Gasteiger partial charge >= 0.3 is 0 Å². The van der Waals surface area contributed by atoms with E-state index in [1.807, 2.05) is 5.32 Å². The second kappa shape index (κ2) is 4.94. The molecule has 0 heterocycles. The Morgan fingerprint density at radius 2 is 2.56 bits per heavy atom. The molecular formula is C5H6NO3-. The molecule has 0 aliphatic carbocycles. The van der Waals surface area contributed by atoms with Gasteiger partial charge in [-0.3, -0.25) is 0 Å². The van der Waals surface area contributed by atoms with E-state index in [0.717, 1.165) is 0 Å². The SMILES string of the molecule is C#CCOCNC(=O)[O-]. The molecule has 0 rings (SSSR count). The molecule has 4 heteroatoms. The third-order valence-electron chi connectivity index (χ3n) is 0.504. The van der Waals surface area contributed by atoms with Crippen molar-refractivity contribution in [2.45, 2.75) is 0 Å². The van der Waals surface area contributed by atoms with Crippen LogP contribution in [0.5, 0.6) is 0 Å². The molecule has 9 heavy (non-hydrogen) atoms. The average molecular weight is 128 g/mol. The highest BCUT2D eigenvalue weighted by molar-refractivity contribution is 5.61. The molecule has 0 spiro atoms. The molecule has 0 aliphatic rings. The summed E-state index contributed by atoms with van der Waals surface area (Å²) in [5, 5.41) is 11.5. The van der Waals surface area contributed by atoms with Crippen LogP contribution >= 0.6 is 0 Å². The fraction of sp³-hybridized carbons (Fsp3) is 0.400. The van der Waals surface area contributed by atoms with E-state index in [9.17, 15) is 9.90 Å². The Kier molecular flexibility index (Phi) is 4.27. The summed E-state index contributed by atoms with van der Waals surface area (Å²) in [5.74, 6) is 2.17. The van der Waals surface area contributed by atoms with Crippen molar-refractivity contribution in [3.8, 4) is 12.3 Å². The molecule has 0 unspecified atom stereocenters. The van der Waals surface area contributed by atoms with Gasteiger partial charge in [0.25, 0.3) is 0 Å². The van der Waals surface area contributed by atoms with E-state index >= 15 is 0 Å². The van der Waals surface area contributed by atoms with Gasteiger partial charge in [0.1, 0.15) is 19.4 Å². The van der Waals surface area contributed by atoms with Crippen molar-refractivity contribution >= 4 is 6.09 Å². The van der Waals surface area contributed by atoms with Crippen LogP contribution in [0.25, 0.3) is 0 Å². The Morgan fingerprint density at radius 1 is 1.89 bits per heavy atom. The van der Waals surface area contributed by atoms with Gasteiger partial charge in [-0.1, -0.05) is 5.92 Å². The van der Waals surface area contributed by atoms with Gasteiger partial charge in [-0.2, -0.15) is 0 Å². The molecule has 0 saturated carbocycles. The lowest BCUT2D eigenvalue weighted by molar-refractivity contribution is -0.252. The molecule has 0 aromatic rings. The number of ether oxygens (including phenoxy) is 1. The highest BCUT2D eigenvalue weighted by Crippen LogP contribution is 1.65. The topological polar surface area (TPSA) is 61.4 Å². The van der Waals surface area contributed by atoms with Crippen LogP contribution in [0.3, 0.4) is 0 Å². The summed E-state index contributed by atoms with van der Waals surface area (Å²) in [4.78, 5) is 9.61. The Labute approximate surface area is 52.8 Å². The van der Waals surface area contributed by atoms with Crippen molar-refractivity contribution in [1.29, 1.82) is 0 Å². The summed E-state index contributed by atoms with van der Waals surface area (Å²) < 4.78 is 4.53. The minimum atomic E-state index is -1.37. The van der Waals surface area contributed by atoms with E-state index in [2.05, 4.69) is 10.7 Å². The van der Waals surface area contributed by atoms with E-state index in [-0.39, 0.29) is 13.3 Å². The molecule has 0 radical (unpaired) electrons. The van der Waals surface area contributed by atoms with Crippen molar-refractivity contribution in [3.63, 3.8) is 0 Å². The predicted molar refractivity (Wildman–Crippen MR) is 28.2 cm³/mol. The van der Waals surface area contributed by atoms with Crippen molar-refractivity contribution in [1.82, 2.24) is 5.32 Å². The van der Waals surface area contributed by atoms with Crippen molar-refractivity contribution < 1.29 is 14.6 Å². The van der Waals surface area contributed by atoms with E-state index in [4.69, 9.17) is 6.42 Å². The third-order valence-corrected chi connectivity index (χ3v) is 0.504. The van der Waals surface area contributed by atoms with Gasteiger partial charge in [0.05, 0.1) is 0 Å². The number of hydrogen-bond donors (Lipinski definition) is 1. The van der Waals surface area contributed by atoms with Crippen molar-refractivity contribution in [2.24, 2.45) is 0 Å². The summed E-state index contributed by atoms with van der Waals surface area (Å²) in [6, 6.07) is 0. The molecule has 4 nitrogen and oxygen atoms in total. The van der Waals surface area contributed by atoms with Crippen LogP contribution in [0.15, 0.2) is 0 Å². The van der Waals surface area contributed by atoms with E-state index in [1.165, 1.54) is 0 Å². The Morgan fingerprint density at radius 3 is 3.00 bits per heavy atom. The van der Waals surface area contributed by atoms with Crippen LogP contribution in [0.4, 0.5) is 4.79 Å². The number of nitrogens with one attached hydrogen (secondary N) is 1. The molecule has 0 bridgehead atoms. The molecular weight excluding hydrogens is 122 g/mol. The predicted octanol–water partition coefficient (Wildman–Crippen LogP) is -1.47. The quantitative estimate of drug-likeness (QED) is 0.286. The molecule has 50 valence electrons. The van der Waals surface area contributed by atoms with Gasteiger partial charge in [0.2, 0.25) is 0 Å². The normalized spacial score (nSPS) is 7.89. The molecule has 0 aromatic carbocycles. The molecule has 0 saturated heterocycles. The zero-order chi connectivity index (χ0) is 7.11. The minimum Gasteiger partial charge on any atom is -0.530 e. The average Bonchev–Trinajstić information content (AvgIpc) is 1.80. The van der Waals surface area contributed by atoms with Crippen LogP contribution in [0, 0.1) is 12.3 Å². The van der Waals surface area contributed by atoms with Crippen LogP contribution in [-0.2, 0) is 4.74 Å². The molecule has 0 atom stereocenters. The first-order valence-corrected chi connectivity index (χ1v) is 2.23. The lowest BCUT2D eigenvalue weighted by Crippen LogP contribution is -2.37. The van der Waals surface area contributed by atoms with E-state index < -0.39 is 6.09 Å². The van der Waals surface area contributed by atoms with Crippen LogP contribution < -0.4 is 10.4 Å². The number of carbonyl (C=O) groups excluding carboxylic acids is 1. The fourth-order valence-corrected chi connectivity index (χ4v) is 0.220. The van der Waals surface area contributed by atoms with E-state index in [0.29, 0.717) is 0 Å². The zero-order valence-corrected chi connectivity index (χ0v) is 4.72. The lowest BCUT2D eigenvalue weighted by Gasteiger charge is -2.03. The van der Waals surface area contributed by atoms with Crippen LogP contribution in [0.2, 0.25) is 0 Å². The summed E-state index contributed by atoms with van der Waals surface area (Å²) in [7, 11) is 0. The second-order valence-electron chi connectivity index (χ2n) is 1.16. The Bertz CT molecular complexity index is 127.